The maximum atomic E-state index is 12.3. The number of nitrogen functional groups attached to an aromatic ring is 1. The Hall–Kier alpha value is -2.05. The second kappa shape index (κ2) is 5.38. The first kappa shape index (κ1) is 13.9. The zero-order valence-corrected chi connectivity index (χ0v) is 12.1. The average Bonchev–Trinajstić information content (AvgIpc) is 3.25. The van der Waals surface area contributed by atoms with Gasteiger partial charge in [-0.25, -0.2) is 13.1 Å². The molecule has 110 valence electrons. The molecule has 0 aliphatic heterocycles. The van der Waals surface area contributed by atoms with Crippen LogP contribution in [-0.2, 0) is 10.0 Å². The van der Waals surface area contributed by atoms with Gasteiger partial charge in [0.25, 0.3) is 0 Å². The van der Waals surface area contributed by atoms with Crippen LogP contribution in [0.4, 0.5) is 5.69 Å². The highest BCUT2D eigenvalue weighted by molar-refractivity contribution is 7.89. The number of anilines is 1. The molecule has 2 aromatic rings. The highest BCUT2D eigenvalue weighted by Crippen LogP contribution is 2.30. The van der Waals surface area contributed by atoms with Gasteiger partial charge in [0.15, 0.2) is 0 Å². The minimum atomic E-state index is -3.56. The Balaban J connectivity index is 1.90. The van der Waals surface area contributed by atoms with Crippen LogP contribution in [0, 0.1) is 0 Å². The molecule has 1 aliphatic carbocycles. The van der Waals surface area contributed by atoms with Crippen LogP contribution in [-0.4, -0.2) is 14.5 Å². The van der Waals surface area contributed by atoms with E-state index < -0.39 is 10.0 Å². The third kappa shape index (κ3) is 3.34. The molecule has 0 atom stereocenters. The number of nitrogens with one attached hydrogen (secondary N) is 1. The van der Waals surface area contributed by atoms with Crippen molar-refractivity contribution in [3.63, 3.8) is 0 Å². The molecule has 0 radical (unpaired) electrons. The zero-order valence-electron chi connectivity index (χ0n) is 11.3. The fourth-order valence-electron chi connectivity index (χ4n) is 1.90. The van der Waals surface area contributed by atoms with E-state index in [0.717, 1.165) is 12.8 Å². The first-order valence-electron chi connectivity index (χ1n) is 6.69. The second-order valence-electron chi connectivity index (χ2n) is 5.01. The Bertz CT molecular complexity index is 738. The summed E-state index contributed by atoms with van der Waals surface area (Å²) in [6, 6.07) is 13.5. The van der Waals surface area contributed by atoms with Crippen LogP contribution in [0.15, 0.2) is 53.4 Å². The predicted molar refractivity (Wildman–Crippen MR) is 80.7 cm³/mol. The van der Waals surface area contributed by atoms with Crippen molar-refractivity contribution in [2.45, 2.75) is 23.8 Å². The monoisotopic (exact) mass is 304 g/mol. The van der Waals surface area contributed by atoms with E-state index in [9.17, 15) is 8.42 Å². The minimum absolute atomic E-state index is 0.0552. The summed E-state index contributed by atoms with van der Waals surface area (Å²) in [5.41, 5.74) is 6.24. The molecule has 0 saturated heterocycles. The maximum absolute atomic E-state index is 12.3. The molecule has 1 aliphatic rings. The quantitative estimate of drug-likeness (QED) is 0.832. The van der Waals surface area contributed by atoms with Crippen molar-refractivity contribution in [3.8, 4) is 11.5 Å². The molecule has 0 heterocycles. The number of rotatable bonds is 5. The lowest BCUT2D eigenvalue weighted by atomic mass is 10.3. The van der Waals surface area contributed by atoms with Crippen molar-refractivity contribution in [3.05, 3.63) is 48.5 Å². The van der Waals surface area contributed by atoms with E-state index in [-0.39, 0.29) is 10.9 Å². The number of sulfonamides is 1. The van der Waals surface area contributed by atoms with Gasteiger partial charge in [0, 0.05) is 11.7 Å². The van der Waals surface area contributed by atoms with Crippen molar-refractivity contribution >= 4 is 15.7 Å². The van der Waals surface area contributed by atoms with E-state index in [4.69, 9.17) is 10.5 Å². The summed E-state index contributed by atoms with van der Waals surface area (Å²) in [7, 11) is -3.56. The molecule has 0 aromatic heterocycles. The summed E-state index contributed by atoms with van der Waals surface area (Å²) in [4.78, 5) is 0.147. The zero-order chi connectivity index (χ0) is 14.9. The van der Waals surface area contributed by atoms with Crippen molar-refractivity contribution in [1.29, 1.82) is 0 Å². The van der Waals surface area contributed by atoms with Gasteiger partial charge in [-0.15, -0.1) is 0 Å². The van der Waals surface area contributed by atoms with Gasteiger partial charge in [0.2, 0.25) is 10.0 Å². The number of hydrogen-bond acceptors (Lipinski definition) is 4. The number of hydrogen-bond donors (Lipinski definition) is 2. The normalized spacial score (nSPS) is 14.9. The first-order chi connectivity index (χ1) is 10.0. The van der Waals surface area contributed by atoms with E-state index >= 15 is 0 Å². The standard InChI is InChI=1S/C15H16N2O3S/c16-11-5-9-13(10-6-11)20-14-3-1-2-4-15(14)21(18,19)17-12-7-8-12/h1-6,9-10,12,17H,7-8,16H2. The molecule has 3 rings (SSSR count). The van der Waals surface area contributed by atoms with Gasteiger partial charge in [0.05, 0.1) is 0 Å². The smallest absolute Gasteiger partial charge is 0.244 e. The van der Waals surface area contributed by atoms with Gasteiger partial charge in [-0.2, -0.15) is 0 Å². The molecule has 2 aromatic carbocycles. The van der Waals surface area contributed by atoms with Gasteiger partial charge in [0.1, 0.15) is 16.4 Å². The second-order valence-corrected chi connectivity index (χ2v) is 6.70. The predicted octanol–water partition coefficient (Wildman–Crippen LogP) is 2.50. The Morgan fingerprint density at radius 3 is 2.38 bits per heavy atom. The van der Waals surface area contributed by atoms with Gasteiger partial charge in [-0.05, 0) is 49.2 Å². The van der Waals surface area contributed by atoms with Crippen LogP contribution in [0.3, 0.4) is 0 Å². The van der Waals surface area contributed by atoms with Gasteiger partial charge >= 0.3 is 0 Å². The van der Waals surface area contributed by atoms with Crippen LogP contribution < -0.4 is 15.2 Å². The summed E-state index contributed by atoms with van der Waals surface area (Å²) in [6.07, 6.45) is 1.78. The minimum Gasteiger partial charge on any atom is -0.456 e. The highest BCUT2D eigenvalue weighted by atomic mass is 32.2. The lowest BCUT2D eigenvalue weighted by molar-refractivity contribution is 0.466. The average molecular weight is 304 g/mol. The summed E-state index contributed by atoms with van der Waals surface area (Å²) in [6.45, 7) is 0. The molecular formula is C15H16N2O3S. The Kier molecular flexibility index (Phi) is 3.57. The van der Waals surface area contributed by atoms with E-state index in [1.54, 1.807) is 42.5 Å². The van der Waals surface area contributed by atoms with Crippen LogP contribution in [0.5, 0.6) is 11.5 Å². The molecule has 0 amide bonds. The fraction of sp³-hybridized carbons (Fsp3) is 0.200. The van der Waals surface area contributed by atoms with Gasteiger partial charge in [-0.1, -0.05) is 12.1 Å². The third-order valence-corrected chi connectivity index (χ3v) is 4.71. The van der Waals surface area contributed by atoms with Gasteiger partial charge in [-0.3, -0.25) is 0 Å². The number of ether oxygens (including phenoxy) is 1. The van der Waals surface area contributed by atoms with Crippen molar-refractivity contribution < 1.29 is 13.2 Å². The van der Waals surface area contributed by atoms with Crippen LogP contribution >= 0.6 is 0 Å². The fourth-order valence-corrected chi connectivity index (χ4v) is 3.34. The Labute approximate surface area is 123 Å². The molecule has 6 heteroatoms. The SMILES string of the molecule is Nc1ccc(Oc2ccccc2S(=O)(=O)NC2CC2)cc1. The van der Waals surface area contributed by atoms with E-state index in [0.29, 0.717) is 17.2 Å². The largest absolute Gasteiger partial charge is 0.456 e. The van der Waals surface area contributed by atoms with Crippen molar-refractivity contribution in [2.75, 3.05) is 5.73 Å². The van der Waals surface area contributed by atoms with E-state index in [1.165, 1.54) is 6.07 Å². The third-order valence-electron chi connectivity index (χ3n) is 3.15. The molecule has 5 nitrogen and oxygen atoms in total. The number of nitrogens with two attached hydrogens (primary N) is 1. The molecule has 21 heavy (non-hydrogen) atoms. The van der Waals surface area contributed by atoms with Crippen LogP contribution in [0.25, 0.3) is 0 Å². The van der Waals surface area contributed by atoms with Crippen molar-refractivity contribution in [2.24, 2.45) is 0 Å². The Morgan fingerprint density at radius 1 is 1.05 bits per heavy atom. The maximum Gasteiger partial charge on any atom is 0.244 e. The van der Waals surface area contributed by atoms with Crippen molar-refractivity contribution in [1.82, 2.24) is 4.72 Å². The summed E-state index contributed by atoms with van der Waals surface area (Å²) in [5, 5.41) is 0. The highest BCUT2D eigenvalue weighted by Gasteiger charge is 2.29. The van der Waals surface area contributed by atoms with E-state index in [2.05, 4.69) is 4.72 Å². The molecular weight excluding hydrogens is 288 g/mol. The summed E-state index contributed by atoms with van der Waals surface area (Å²) >= 11 is 0. The molecule has 1 fully saturated rings. The topological polar surface area (TPSA) is 81.4 Å². The number of para-hydroxylation sites is 1. The van der Waals surface area contributed by atoms with E-state index in [1.807, 2.05) is 0 Å². The molecule has 0 unspecified atom stereocenters. The molecule has 1 saturated carbocycles. The first-order valence-corrected chi connectivity index (χ1v) is 8.18. The lowest BCUT2D eigenvalue weighted by Gasteiger charge is -2.12. The molecule has 0 spiro atoms. The summed E-state index contributed by atoms with van der Waals surface area (Å²) < 4.78 is 33.0. The Morgan fingerprint density at radius 2 is 1.71 bits per heavy atom. The van der Waals surface area contributed by atoms with Crippen LogP contribution in [0.2, 0.25) is 0 Å². The molecule has 0 bridgehead atoms. The summed E-state index contributed by atoms with van der Waals surface area (Å²) in [5.74, 6) is 0.841. The number of benzene rings is 2. The molecule has 3 N–H and O–H groups in total. The van der Waals surface area contributed by atoms with Gasteiger partial charge < -0.3 is 10.5 Å². The van der Waals surface area contributed by atoms with Crippen LogP contribution in [0.1, 0.15) is 12.8 Å². The lowest BCUT2D eigenvalue weighted by Crippen LogP contribution is -2.26.